The predicted octanol–water partition coefficient (Wildman–Crippen LogP) is 4.10. The number of hydrogen-bond acceptors (Lipinski definition) is 5. The van der Waals surface area contributed by atoms with Crippen LogP contribution in [0.1, 0.15) is 35.3 Å². The highest BCUT2D eigenvalue weighted by molar-refractivity contribution is 6.31. The number of nitrogens with zero attached hydrogens (tertiary/aromatic N) is 1. The van der Waals surface area contributed by atoms with Crippen LogP contribution in [0.4, 0.5) is 0 Å². The first-order valence-electron chi connectivity index (χ1n) is 8.26. The molecule has 0 bridgehead atoms. The van der Waals surface area contributed by atoms with Crippen LogP contribution in [0, 0.1) is 12.8 Å². The molecule has 1 unspecified atom stereocenters. The van der Waals surface area contributed by atoms with Crippen molar-refractivity contribution in [3.05, 3.63) is 58.1 Å². The van der Waals surface area contributed by atoms with Gasteiger partial charge in [-0.3, -0.25) is 4.99 Å². The van der Waals surface area contributed by atoms with Gasteiger partial charge in [0.15, 0.2) is 11.5 Å². The minimum Gasteiger partial charge on any atom is -0.504 e. The summed E-state index contributed by atoms with van der Waals surface area (Å²) in [5, 5.41) is 19.8. The van der Waals surface area contributed by atoms with Gasteiger partial charge in [0.1, 0.15) is 6.04 Å². The number of phenolic OH excluding ortho intramolecular Hbond substituents is 1. The highest BCUT2D eigenvalue weighted by atomic mass is 35.5. The van der Waals surface area contributed by atoms with Gasteiger partial charge in [-0.1, -0.05) is 43.1 Å². The van der Waals surface area contributed by atoms with Gasteiger partial charge in [-0.05, 0) is 31.0 Å². The van der Waals surface area contributed by atoms with E-state index in [1.165, 1.54) is 18.3 Å². The van der Waals surface area contributed by atoms with Gasteiger partial charge in [-0.25, -0.2) is 9.59 Å². The van der Waals surface area contributed by atoms with Gasteiger partial charge in [0.2, 0.25) is 0 Å². The summed E-state index contributed by atoms with van der Waals surface area (Å²) in [6.07, 6.45) is 1.21. The second-order valence-electron chi connectivity index (χ2n) is 6.41. The number of carboxylic acids is 1. The molecule has 2 aromatic carbocycles. The average Bonchev–Trinajstić information content (AvgIpc) is 2.58. The fourth-order valence-electron chi connectivity index (χ4n) is 2.38. The number of rotatable bonds is 6. The third-order valence-corrected chi connectivity index (χ3v) is 4.00. The van der Waals surface area contributed by atoms with Gasteiger partial charge in [-0.15, -0.1) is 0 Å². The molecule has 27 heavy (non-hydrogen) atoms. The number of phenols is 1. The molecule has 0 aliphatic rings. The van der Waals surface area contributed by atoms with Gasteiger partial charge in [0.05, 0.1) is 5.56 Å². The molecule has 2 N–H and O–H groups in total. The number of esters is 1. The van der Waals surface area contributed by atoms with Crippen LogP contribution in [0.2, 0.25) is 5.02 Å². The van der Waals surface area contributed by atoms with E-state index in [-0.39, 0.29) is 28.0 Å². The molecular weight excluding hydrogens is 370 g/mol. The first kappa shape index (κ1) is 20.5. The van der Waals surface area contributed by atoms with E-state index in [2.05, 4.69) is 4.99 Å². The summed E-state index contributed by atoms with van der Waals surface area (Å²) in [6.45, 7) is 5.29. The molecule has 7 heteroatoms. The van der Waals surface area contributed by atoms with Crippen LogP contribution in [-0.2, 0) is 4.79 Å². The van der Waals surface area contributed by atoms with Crippen molar-refractivity contribution < 1.29 is 24.5 Å². The van der Waals surface area contributed by atoms with Crippen LogP contribution in [0.3, 0.4) is 0 Å². The van der Waals surface area contributed by atoms with E-state index < -0.39 is 18.0 Å². The van der Waals surface area contributed by atoms with E-state index in [4.69, 9.17) is 16.3 Å². The molecule has 0 aliphatic heterocycles. The number of ether oxygens (including phenoxy) is 1. The first-order valence-corrected chi connectivity index (χ1v) is 8.64. The molecule has 0 aromatic heterocycles. The van der Waals surface area contributed by atoms with Crippen molar-refractivity contribution in [2.24, 2.45) is 10.9 Å². The smallest absolute Gasteiger partial charge is 0.343 e. The zero-order valence-electron chi connectivity index (χ0n) is 15.1. The highest BCUT2D eigenvalue weighted by Gasteiger charge is 2.20. The summed E-state index contributed by atoms with van der Waals surface area (Å²) in [6, 6.07) is 8.56. The van der Waals surface area contributed by atoms with E-state index in [1.54, 1.807) is 32.0 Å². The van der Waals surface area contributed by atoms with Gasteiger partial charge in [0.25, 0.3) is 0 Å². The summed E-state index contributed by atoms with van der Waals surface area (Å²) in [5.74, 6) is -2.44. The van der Waals surface area contributed by atoms with Crippen molar-refractivity contribution in [2.45, 2.75) is 26.8 Å². The Morgan fingerprint density at radius 2 is 1.93 bits per heavy atom. The number of carboxylic acid groups (broad SMARTS) is 1. The number of aliphatic imine (C=N–C) groups is 1. The molecular formula is C20H20ClNO5. The molecule has 0 aliphatic carbocycles. The zero-order valence-corrected chi connectivity index (χ0v) is 15.9. The van der Waals surface area contributed by atoms with Crippen molar-refractivity contribution in [1.82, 2.24) is 0 Å². The number of aromatic hydroxyl groups is 1. The van der Waals surface area contributed by atoms with E-state index in [0.717, 1.165) is 5.56 Å². The SMILES string of the molecule is Cc1cccc(C(=O)Oc2cc(Cl)cc(C=NC(C(=O)O)C(C)C)c2O)c1. The number of carbonyl (C=O) groups is 2. The van der Waals surface area contributed by atoms with E-state index >= 15 is 0 Å². The lowest BCUT2D eigenvalue weighted by Gasteiger charge is -2.12. The Morgan fingerprint density at radius 1 is 1.22 bits per heavy atom. The monoisotopic (exact) mass is 389 g/mol. The Hall–Kier alpha value is -2.86. The van der Waals surface area contributed by atoms with Crippen LogP contribution < -0.4 is 4.74 Å². The van der Waals surface area contributed by atoms with Crippen LogP contribution in [0.25, 0.3) is 0 Å². The van der Waals surface area contributed by atoms with E-state index in [1.807, 2.05) is 13.0 Å². The normalized spacial score (nSPS) is 12.3. The maximum Gasteiger partial charge on any atom is 0.343 e. The fraction of sp³-hybridized carbons (Fsp3) is 0.250. The summed E-state index contributed by atoms with van der Waals surface area (Å²) in [5.41, 5.74) is 1.37. The molecule has 6 nitrogen and oxygen atoms in total. The van der Waals surface area contributed by atoms with Crippen LogP contribution in [-0.4, -0.2) is 34.4 Å². The van der Waals surface area contributed by atoms with Crippen molar-refractivity contribution >= 4 is 29.8 Å². The summed E-state index contributed by atoms with van der Waals surface area (Å²) in [4.78, 5) is 27.5. The van der Waals surface area contributed by atoms with Crippen LogP contribution >= 0.6 is 11.6 Å². The van der Waals surface area contributed by atoms with Crippen molar-refractivity contribution in [2.75, 3.05) is 0 Å². The Bertz CT molecular complexity index is 892. The quantitative estimate of drug-likeness (QED) is 0.440. The Labute approximate surface area is 162 Å². The fourth-order valence-corrected chi connectivity index (χ4v) is 2.60. The van der Waals surface area contributed by atoms with E-state index in [9.17, 15) is 19.8 Å². The van der Waals surface area contributed by atoms with Crippen LogP contribution in [0.5, 0.6) is 11.5 Å². The number of halogens is 1. The standard InChI is InChI=1S/C20H20ClNO5/c1-11(2)17(19(24)25)22-10-14-8-15(21)9-16(18(14)23)27-20(26)13-6-4-5-12(3)7-13/h4-11,17,23H,1-3H3,(H,24,25). The molecule has 2 rings (SSSR count). The maximum atomic E-state index is 12.3. The lowest BCUT2D eigenvalue weighted by atomic mass is 10.1. The molecule has 142 valence electrons. The lowest BCUT2D eigenvalue weighted by molar-refractivity contribution is -0.139. The number of aryl methyl sites for hydroxylation is 1. The molecule has 0 radical (unpaired) electrons. The van der Waals surface area contributed by atoms with Crippen LogP contribution in [0.15, 0.2) is 41.4 Å². The molecule has 0 fully saturated rings. The molecule has 0 saturated heterocycles. The van der Waals surface area contributed by atoms with Crippen molar-refractivity contribution in [3.63, 3.8) is 0 Å². The topological polar surface area (TPSA) is 96.2 Å². The van der Waals surface area contributed by atoms with Gasteiger partial charge in [-0.2, -0.15) is 0 Å². The number of hydrogen-bond donors (Lipinski definition) is 2. The average molecular weight is 390 g/mol. The molecule has 0 heterocycles. The lowest BCUT2D eigenvalue weighted by Crippen LogP contribution is -2.24. The van der Waals surface area contributed by atoms with Gasteiger partial charge >= 0.3 is 11.9 Å². The highest BCUT2D eigenvalue weighted by Crippen LogP contribution is 2.33. The molecule has 0 amide bonds. The third-order valence-electron chi connectivity index (χ3n) is 3.78. The minimum absolute atomic E-state index is 0.133. The Morgan fingerprint density at radius 3 is 2.52 bits per heavy atom. The Kier molecular flexibility index (Phi) is 6.58. The number of carbonyl (C=O) groups excluding carboxylic acids is 1. The maximum absolute atomic E-state index is 12.3. The summed E-state index contributed by atoms with van der Waals surface area (Å²) >= 11 is 6.04. The second kappa shape index (κ2) is 8.68. The van der Waals surface area contributed by atoms with Gasteiger partial charge in [0, 0.05) is 22.9 Å². The minimum atomic E-state index is -1.08. The largest absolute Gasteiger partial charge is 0.504 e. The summed E-state index contributed by atoms with van der Waals surface area (Å²) in [7, 11) is 0. The zero-order chi connectivity index (χ0) is 20.1. The van der Waals surface area contributed by atoms with Crippen molar-refractivity contribution in [3.8, 4) is 11.5 Å². The van der Waals surface area contributed by atoms with Gasteiger partial charge < -0.3 is 14.9 Å². The number of benzene rings is 2. The Balaban J connectivity index is 2.32. The molecule has 1 atom stereocenters. The third kappa shape index (κ3) is 5.31. The van der Waals surface area contributed by atoms with E-state index in [0.29, 0.717) is 5.56 Å². The first-order chi connectivity index (χ1) is 12.7. The predicted molar refractivity (Wildman–Crippen MR) is 103 cm³/mol. The summed E-state index contributed by atoms with van der Waals surface area (Å²) < 4.78 is 5.26. The number of aliphatic carboxylic acids is 1. The molecule has 0 saturated carbocycles. The molecule has 0 spiro atoms. The molecule has 2 aromatic rings. The van der Waals surface area contributed by atoms with Crippen molar-refractivity contribution in [1.29, 1.82) is 0 Å². The second-order valence-corrected chi connectivity index (χ2v) is 6.84.